The molecule has 4 aromatic rings. The van der Waals surface area contributed by atoms with Gasteiger partial charge in [-0.25, -0.2) is 13.6 Å². The molecule has 4 heterocycles. The summed E-state index contributed by atoms with van der Waals surface area (Å²) in [5.41, 5.74) is 6.60. The highest BCUT2D eigenvalue weighted by atomic mass is 19.1. The van der Waals surface area contributed by atoms with E-state index in [0.29, 0.717) is 48.2 Å². The number of piperidine rings is 2. The van der Waals surface area contributed by atoms with Crippen molar-refractivity contribution in [2.45, 2.75) is 91.1 Å². The number of nitrogens with two attached hydrogens (primary N) is 1. The maximum absolute atomic E-state index is 13.8. The van der Waals surface area contributed by atoms with E-state index in [1.165, 1.54) is 45.5 Å². The number of hydrogen-bond acceptors (Lipinski definition) is 13. The van der Waals surface area contributed by atoms with Crippen LogP contribution in [0.1, 0.15) is 80.1 Å². The van der Waals surface area contributed by atoms with Gasteiger partial charge in [0.1, 0.15) is 28.6 Å². The van der Waals surface area contributed by atoms with E-state index in [2.05, 4.69) is 25.7 Å². The minimum atomic E-state index is -0.606. The Labute approximate surface area is 328 Å². The molecule has 2 aromatic carbocycles. The van der Waals surface area contributed by atoms with Gasteiger partial charge in [0.2, 0.25) is 11.9 Å². The Bertz CT molecular complexity index is 2310. The van der Waals surface area contributed by atoms with Gasteiger partial charge in [0.05, 0.1) is 36.4 Å². The molecular formula is C39H46F2N12O4. The first-order valence-corrected chi connectivity index (χ1v) is 18.6. The van der Waals surface area contributed by atoms with Gasteiger partial charge in [-0.3, -0.25) is 18.7 Å². The predicted octanol–water partition coefficient (Wildman–Crippen LogP) is 3.43. The Balaban J connectivity index is 0.000000224. The first-order chi connectivity index (χ1) is 27.1. The van der Waals surface area contributed by atoms with Gasteiger partial charge < -0.3 is 25.6 Å². The number of nitrogens with one attached hydrogen (secondary N) is 1. The number of aryl methyl sites for hydroxylation is 2. The number of halogens is 2. The Morgan fingerprint density at radius 1 is 0.825 bits per heavy atom. The molecule has 300 valence electrons. The van der Waals surface area contributed by atoms with Crippen LogP contribution in [0.2, 0.25) is 0 Å². The molecule has 0 unspecified atom stereocenters. The number of nitriles is 2. The SMILES string of the molecule is Cc1nnc(N2CCC[C@@H](N)C2)n(Cc2cc(F)ccc2C#N)c1=O.Cc1nnc(N2CCC[C@@H](NC(=O)OC(C)(C)C)C2)n(Cc2cc(F)ccc2C#N)c1=O. The molecule has 2 atom stereocenters. The molecule has 1 amide bonds. The fourth-order valence-electron chi connectivity index (χ4n) is 6.65. The van der Waals surface area contributed by atoms with Crippen LogP contribution < -0.4 is 32.0 Å². The van der Waals surface area contributed by atoms with Crippen LogP contribution in [-0.2, 0) is 17.8 Å². The number of hydrogen-bond donors (Lipinski definition) is 2. The van der Waals surface area contributed by atoms with Gasteiger partial charge in [-0.1, -0.05) is 0 Å². The zero-order valence-electron chi connectivity index (χ0n) is 32.6. The lowest BCUT2D eigenvalue weighted by atomic mass is 10.1. The van der Waals surface area contributed by atoms with Crippen molar-refractivity contribution in [2.24, 2.45) is 5.73 Å². The topological polar surface area (TPSA) is 214 Å². The van der Waals surface area contributed by atoms with Crippen LogP contribution in [0.5, 0.6) is 0 Å². The number of alkyl carbamates (subject to hydrolysis) is 1. The summed E-state index contributed by atoms with van der Waals surface area (Å²) in [5, 5.41) is 37.8. The number of amides is 1. The molecule has 0 bridgehead atoms. The summed E-state index contributed by atoms with van der Waals surface area (Å²) in [6.07, 6.45) is 2.82. The van der Waals surface area contributed by atoms with Gasteiger partial charge in [0.25, 0.3) is 11.1 Å². The van der Waals surface area contributed by atoms with E-state index in [0.717, 1.165) is 32.2 Å². The second-order valence-electron chi connectivity index (χ2n) is 15.1. The standard InChI is InChI=1S/C22H27FN6O3.C17H19FN6O/c1-14-19(30)29(12-16-10-17(23)8-7-15(16)11-24)20(27-26-14)28-9-5-6-18(13-28)25-21(31)32-22(2,3)4;1-11-16(25)24(9-13-7-14(18)5-4-12(13)8-19)17(22-21-11)23-6-2-3-15(20)10-23/h7-8,10,18H,5-6,9,12-13H2,1-4H3,(H,25,31);4-5,7,15H,2-3,6,9-10,20H2,1H3/t18-;15-/m11/s1. The van der Waals surface area contributed by atoms with E-state index in [1.807, 2.05) is 21.9 Å². The number of carbonyl (C=O) groups is 1. The van der Waals surface area contributed by atoms with E-state index in [9.17, 15) is 33.7 Å². The Hall–Kier alpha value is -6.27. The number of nitrogens with zero attached hydrogens (tertiary/aromatic N) is 10. The van der Waals surface area contributed by atoms with Crippen LogP contribution in [0.4, 0.5) is 25.5 Å². The third kappa shape index (κ3) is 10.7. The van der Waals surface area contributed by atoms with Crippen molar-refractivity contribution >= 4 is 18.0 Å². The van der Waals surface area contributed by atoms with Crippen LogP contribution in [0.3, 0.4) is 0 Å². The maximum atomic E-state index is 13.8. The summed E-state index contributed by atoms with van der Waals surface area (Å²) in [6, 6.07) is 11.6. The maximum Gasteiger partial charge on any atom is 0.407 e. The van der Waals surface area contributed by atoms with Crippen LogP contribution in [0.25, 0.3) is 0 Å². The van der Waals surface area contributed by atoms with Crippen molar-refractivity contribution in [3.8, 4) is 12.1 Å². The van der Waals surface area contributed by atoms with Crippen molar-refractivity contribution < 1.29 is 18.3 Å². The molecular weight excluding hydrogens is 739 g/mol. The Kier molecular flexibility index (Phi) is 13.3. The van der Waals surface area contributed by atoms with Gasteiger partial charge in [-0.2, -0.15) is 10.5 Å². The first-order valence-electron chi connectivity index (χ1n) is 18.6. The molecule has 57 heavy (non-hydrogen) atoms. The molecule has 0 aliphatic carbocycles. The number of ether oxygens (including phenoxy) is 1. The van der Waals surface area contributed by atoms with Gasteiger partial charge in [-0.05, 0) is 108 Å². The number of rotatable bonds is 7. The summed E-state index contributed by atoms with van der Waals surface area (Å²) >= 11 is 0. The minimum Gasteiger partial charge on any atom is -0.444 e. The lowest BCUT2D eigenvalue weighted by Crippen LogP contribution is -2.50. The fraction of sp³-hybridized carbons (Fsp3) is 0.462. The van der Waals surface area contributed by atoms with Gasteiger partial charge in [0, 0.05) is 38.3 Å². The third-order valence-corrected chi connectivity index (χ3v) is 9.37. The normalized spacial score (nSPS) is 16.8. The molecule has 0 radical (unpaired) electrons. The van der Waals surface area contributed by atoms with Crippen LogP contribution >= 0.6 is 0 Å². The molecule has 6 rings (SSSR count). The molecule has 0 saturated carbocycles. The monoisotopic (exact) mass is 784 g/mol. The largest absolute Gasteiger partial charge is 0.444 e. The smallest absolute Gasteiger partial charge is 0.407 e. The van der Waals surface area contributed by atoms with Crippen molar-refractivity contribution in [3.05, 3.63) is 102 Å². The number of aromatic nitrogens is 6. The molecule has 2 aliphatic rings. The molecule has 2 aromatic heterocycles. The minimum absolute atomic E-state index is 0.00393. The van der Waals surface area contributed by atoms with Crippen LogP contribution in [-0.4, -0.2) is 79.5 Å². The molecule has 2 aliphatic heterocycles. The van der Waals surface area contributed by atoms with Crippen LogP contribution in [0.15, 0.2) is 46.0 Å². The second kappa shape index (κ2) is 18.1. The molecule has 16 nitrogen and oxygen atoms in total. The highest BCUT2D eigenvalue weighted by Crippen LogP contribution is 2.21. The summed E-state index contributed by atoms with van der Waals surface area (Å²) in [6.45, 7) is 10.9. The zero-order chi connectivity index (χ0) is 41.4. The van der Waals surface area contributed by atoms with Gasteiger partial charge in [-0.15, -0.1) is 20.4 Å². The van der Waals surface area contributed by atoms with Crippen LogP contribution in [0, 0.1) is 48.1 Å². The Morgan fingerprint density at radius 2 is 1.30 bits per heavy atom. The summed E-state index contributed by atoms with van der Waals surface area (Å²) in [5.74, 6) is -0.238. The number of benzene rings is 2. The van der Waals surface area contributed by atoms with E-state index in [1.54, 1.807) is 34.6 Å². The third-order valence-electron chi connectivity index (χ3n) is 9.37. The molecule has 18 heteroatoms. The lowest BCUT2D eigenvalue weighted by molar-refractivity contribution is 0.0499. The summed E-state index contributed by atoms with van der Waals surface area (Å²) < 4.78 is 35.6. The van der Waals surface area contributed by atoms with E-state index in [-0.39, 0.29) is 53.2 Å². The van der Waals surface area contributed by atoms with Gasteiger partial charge >= 0.3 is 6.09 Å². The molecule has 0 spiro atoms. The van der Waals surface area contributed by atoms with Crippen molar-refractivity contribution in [3.63, 3.8) is 0 Å². The lowest BCUT2D eigenvalue weighted by Gasteiger charge is -2.34. The zero-order valence-corrected chi connectivity index (χ0v) is 32.6. The average molecular weight is 785 g/mol. The molecule has 2 fully saturated rings. The van der Waals surface area contributed by atoms with Crippen molar-refractivity contribution in [1.29, 1.82) is 10.5 Å². The first kappa shape index (κ1) is 41.9. The van der Waals surface area contributed by atoms with E-state index < -0.39 is 23.3 Å². The summed E-state index contributed by atoms with van der Waals surface area (Å²) in [7, 11) is 0. The Morgan fingerprint density at radius 3 is 1.75 bits per heavy atom. The quantitative estimate of drug-likeness (QED) is 0.275. The average Bonchev–Trinajstić information content (AvgIpc) is 3.15. The summed E-state index contributed by atoms with van der Waals surface area (Å²) in [4.78, 5) is 41.5. The number of carbonyl (C=O) groups excluding carboxylic acids is 1. The fourth-order valence-corrected chi connectivity index (χ4v) is 6.65. The second-order valence-corrected chi connectivity index (χ2v) is 15.1. The molecule has 3 N–H and O–H groups in total. The van der Waals surface area contributed by atoms with Gasteiger partial charge in [0.15, 0.2) is 0 Å². The highest BCUT2D eigenvalue weighted by Gasteiger charge is 2.28. The van der Waals surface area contributed by atoms with E-state index in [4.69, 9.17) is 10.5 Å². The molecule has 2 saturated heterocycles. The predicted molar refractivity (Wildman–Crippen MR) is 207 cm³/mol. The van der Waals surface area contributed by atoms with Crippen molar-refractivity contribution in [2.75, 3.05) is 36.0 Å². The van der Waals surface area contributed by atoms with E-state index >= 15 is 0 Å². The van der Waals surface area contributed by atoms with Crippen molar-refractivity contribution in [1.82, 2.24) is 34.8 Å². The highest BCUT2D eigenvalue weighted by molar-refractivity contribution is 5.68. The number of anilines is 2.